The maximum Gasteiger partial charge on any atom is 0.263 e. The zero-order valence-electron chi connectivity index (χ0n) is 21.4. The lowest BCUT2D eigenvalue weighted by molar-refractivity contribution is -0.121. The van der Waals surface area contributed by atoms with E-state index in [2.05, 4.69) is 25.2 Å². The van der Waals surface area contributed by atoms with E-state index in [1.165, 1.54) is 39.4 Å². The molecule has 0 aromatic carbocycles. The Morgan fingerprint density at radius 2 is 1.76 bits per heavy atom. The molecule has 0 radical (unpaired) electrons. The molecule has 3 aromatic heterocycles. The number of anilines is 1. The highest BCUT2D eigenvalue weighted by Crippen LogP contribution is 2.33. The van der Waals surface area contributed by atoms with E-state index in [0.29, 0.717) is 35.3 Å². The highest BCUT2D eigenvalue weighted by atomic mass is 32.2. The van der Waals surface area contributed by atoms with Crippen molar-refractivity contribution in [1.82, 2.24) is 34.0 Å². The van der Waals surface area contributed by atoms with Crippen LogP contribution >= 0.6 is 11.3 Å². The minimum absolute atomic E-state index is 0.0141. The van der Waals surface area contributed by atoms with Gasteiger partial charge in [-0.25, -0.2) is 23.4 Å². The van der Waals surface area contributed by atoms with Gasteiger partial charge >= 0.3 is 0 Å². The number of fused-ring (bicyclic) bond motifs is 1. The average Bonchev–Trinajstić information content (AvgIpc) is 3.57. The molecule has 12 nitrogen and oxygen atoms in total. The Morgan fingerprint density at radius 3 is 2.47 bits per heavy atom. The van der Waals surface area contributed by atoms with E-state index in [0.717, 1.165) is 26.1 Å². The molecule has 0 saturated carbocycles. The van der Waals surface area contributed by atoms with E-state index in [9.17, 15) is 18.0 Å². The number of nitrogens with one attached hydrogen (secondary N) is 1. The van der Waals surface area contributed by atoms with Gasteiger partial charge in [-0.1, -0.05) is 0 Å². The van der Waals surface area contributed by atoms with Gasteiger partial charge in [0.05, 0.1) is 11.7 Å². The zero-order valence-corrected chi connectivity index (χ0v) is 23.0. The Balaban J connectivity index is 1.29. The molecule has 3 aromatic rings. The van der Waals surface area contributed by atoms with Crippen molar-refractivity contribution in [2.75, 3.05) is 57.3 Å². The third-order valence-corrected chi connectivity index (χ3v) is 10.2. The second-order valence-corrected chi connectivity index (χ2v) is 12.6. The van der Waals surface area contributed by atoms with Crippen molar-refractivity contribution in [3.63, 3.8) is 0 Å². The molecule has 1 N–H and O–H groups in total. The van der Waals surface area contributed by atoms with Crippen LogP contribution in [0.3, 0.4) is 0 Å². The number of carbonyl (C=O) groups is 1. The predicted molar refractivity (Wildman–Crippen MR) is 145 cm³/mol. The van der Waals surface area contributed by atoms with Crippen LogP contribution in [0.2, 0.25) is 0 Å². The van der Waals surface area contributed by atoms with Gasteiger partial charge in [0.15, 0.2) is 0 Å². The molecule has 5 heterocycles. The van der Waals surface area contributed by atoms with Crippen LogP contribution in [-0.2, 0) is 21.4 Å². The number of aryl methyl sites for hydroxylation is 1. The maximum atomic E-state index is 13.7. The normalized spacial score (nSPS) is 17.3. The predicted octanol–water partition coefficient (Wildman–Crippen LogP) is 0.669. The summed E-state index contributed by atoms with van der Waals surface area (Å²) in [5.41, 5.74) is -0.526. The van der Waals surface area contributed by atoms with Gasteiger partial charge < -0.3 is 15.1 Å². The fourth-order valence-electron chi connectivity index (χ4n) is 5.00. The number of carbonyl (C=O) groups excluding carboxylic acids is 1. The van der Waals surface area contributed by atoms with Gasteiger partial charge in [0.1, 0.15) is 16.3 Å². The van der Waals surface area contributed by atoms with Crippen LogP contribution < -0.4 is 15.8 Å². The van der Waals surface area contributed by atoms with Crippen molar-refractivity contribution >= 4 is 43.4 Å². The van der Waals surface area contributed by atoms with Crippen LogP contribution in [0, 0.1) is 6.92 Å². The van der Waals surface area contributed by atoms with Gasteiger partial charge in [0.2, 0.25) is 21.9 Å². The summed E-state index contributed by atoms with van der Waals surface area (Å²) in [6.07, 6.45) is 7.91. The lowest BCUT2D eigenvalue weighted by Gasteiger charge is -2.33. The van der Waals surface area contributed by atoms with Gasteiger partial charge in [-0.15, -0.1) is 11.3 Å². The van der Waals surface area contributed by atoms with E-state index in [1.54, 1.807) is 25.4 Å². The van der Waals surface area contributed by atoms with Gasteiger partial charge in [0.25, 0.3) is 5.56 Å². The zero-order chi connectivity index (χ0) is 26.7. The van der Waals surface area contributed by atoms with E-state index in [4.69, 9.17) is 0 Å². The topological polar surface area (TPSA) is 134 Å². The molecule has 38 heavy (non-hydrogen) atoms. The van der Waals surface area contributed by atoms with Gasteiger partial charge in [-0.05, 0) is 51.9 Å². The number of hydrogen-bond acceptors (Lipinski definition) is 10. The Labute approximate surface area is 225 Å². The lowest BCUT2D eigenvalue weighted by atomic mass is 10.3. The summed E-state index contributed by atoms with van der Waals surface area (Å²) in [7, 11) is -3.96. The van der Waals surface area contributed by atoms with Gasteiger partial charge in [-0.3, -0.25) is 14.2 Å². The highest BCUT2D eigenvalue weighted by Gasteiger charge is 2.34. The van der Waals surface area contributed by atoms with Crippen molar-refractivity contribution in [3.05, 3.63) is 40.0 Å². The summed E-state index contributed by atoms with van der Waals surface area (Å²) in [5.74, 6) is 0.258. The molecular weight excluding hydrogens is 528 g/mol. The number of piperazine rings is 1. The van der Waals surface area contributed by atoms with Crippen LogP contribution in [0.15, 0.2) is 34.5 Å². The van der Waals surface area contributed by atoms with Crippen LogP contribution in [0.4, 0.5) is 5.95 Å². The maximum absolute atomic E-state index is 13.7. The first-order chi connectivity index (χ1) is 18.3. The number of amides is 1. The Morgan fingerprint density at radius 1 is 1.05 bits per heavy atom. The fourth-order valence-corrected chi connectivity index (χ4v) is 8.08. The number of likely N-dealkylation sites (tertiary alicyclic amines) is 1. The number of hydrogen-bond donors (Lipinski definition) is 1. The molecule has 2 aliphatic heterocycles. The van der Waals surface area contributed by atoms with Gasteiger partial charge in [-0.2, -0.15) is 4.31 Å². The molecule has 2 saturated heterocycles. The van der Waals surface area contributed by atoms with Crippen molar-refractivity contribution < 1.29 is 13.2 Å². The van der Waals surface area contributed by atoms with Crippen molar-refractivity contribution in [1.29, 1.82) is 0 Å². The molecule has 0 aliphatic carbocycles. The first-order valence-corrected chi connectivity index (χ1v) is 15.1. The van der Waals surface area contributed by atoms with Crippen molar-refractivity contribution in [2.24, 2.45) is 0 Å². The monoisotopic (exact) mass is 560 g/mol. The molecule has 204 valence electrons. The first kappa shape index (κ1) is 26.7. The molecule has 0 bridgehead atoms. The summed E-state index contributed by atoms with van der Waals surface area (Å²) < 4.78 is 30.0. The standard InChI is InChI=1S/C24H32N8O4S2/c1-18-21(38(35,36)32-14-12-30(13-15-32)24-26-6-4-7-27-24)20-22(37-18)28-17-31(23(20)34)16-19(33)25-8-5-11-29-9-2-3-10-29/h4,6-7,17H,2-3,5,8-16H2,1H3,(H,25,33). The minimum atomic E-state index is -3.96. The molecule has 14 heteroatoms. The Hall–Kier alpha value is -2.94. The van der Waals surface area contributed by atoms with E-state index in [-0.39, 0.29) is 35.8 Å². The summed E-state index contributed by atoms with van der Waals surface area (Å²) in [4.78, 5) is 43.9. The first-order valence-electron chi connectivity index (χ1n) is 12.8. The molecule has 2 aliphatic rings. The quantitative estimate of drug-likeness (QED) is 0.375. The van der Waals surface area contributed by atoms with Crippen molar-refractivity contribution in [2.45, 2.75) is 37.6 Å². The van der Waals surface area contributed by atoms with E-state index >= 15 is 0 Å². The highest BCUT2D eigenvalue weighted by molar-refractivity contribution is 7.89. The number of nitrogens with zero attached hydrogens (tertiary/aromatic N) is 7. The molecule has 0 atom stereocenters. The molecular formula is C24H32N8O4S2. The summed E-state index contributed by atoms with van der Waals surface area (Å²) in [6, 6.07) is 1.73. The Bertz CT molecular complexity index is 1440. The second kappa shape index (κ2) is 11.4. The minimum Gasteiger partial charge on any atom is -0.354 e. The average molecular weight is 561 g/mol. The molecule has 5 rings (SSSR count). The Kier molecular flexibility index (Phi) is 8.02. The lowest BCUT2D eigenvalue weighted by Crippen LogP contribution is -2.49. The number of aromatic nitrogens is 4. The van der Waals surface area contributed by atoms with Crippen LogP contribution in [0.5, 0.6) is 0 Å². The summed E-state index contributed by atoms with van der Waals surface area (Å²) in [5, 5.41) is 2.90. The number of thiophene rings is 1. The third kappa shape index (κ3) is 5.58. The van der Waals surface area contributed by atoms with E-state index in [1.807, 2.05) is 4.90 Å². The molecule has 2 fully saturated rings. The molecule has 0 unspecified atom stereocenters. The van der Waals surface area contributed by atoms with Gasteiger partial charge in [0, 0.05) is 50.0 Å². The largest absolute Gasteiger partial charge is 0.354 e. The number of rotatable bonds is 9. The third-order valence-electron chi connectivity index (χ3n) is 6.96. The van der Waals surface area contributed by atoms with E-state index < -0.39 is 15.6 Å². The fraction of sp³-hybridized carbons (Fsp3) is 0.542. The second-order valence-electron chi connectivity index (χ2n) is 9.54. The number of sulfonamides is 1. The molecule has 1 amide bonds. The van der Waals surface area contributed by atoms with Crippen LogP contribution in [0.1, 0.15) is 24.1 Å². The smallest absolute Gasteiger partial charge is 0.263 e. The summed E-state index contributed by atoms with van der Waals surface area (Å²) in [6.45, 7) is 6.51. The van der Waals surface area contributed by atoms with Crippen LogP contribution in [-0.4, -0.2) is 95.4 Å². The van der Waals surface area contributed by atoms with Crippen molar-refractivity contribution in [3.8, 4) is 0 Å². The molecule has 0 spiro atoms. The summed E-state index contributed by atoms with van der Waals surface area (Å²) >= 11 is 1.17. The van der Waals surface area contributed by atoms with Crippen LogP contribution in [0.25, 0.3) is 10.2 Å². The SMILES string of the molecule is Cc1sc2ncn(CC(=O)NCCCN3CCCC3)c(=O)c2c1S(=O)(=O)N1CCN(c2ncccn2)CC1.